The van der Waals surface area contributed by atoms with E-state index in [4.69, 9.17) is 0 Å². The van der Waals surface area contributed by atoms with Gasteiger partial charge in [0.15, 0.2) is 0 Å². The van der Waals surface area contributed by atoms with E-state index in [0.29, 0.717) is 11.6 Å². The van der Waals surface area contributed by atoms with E-state index in [2.05, 4.69) is 15.4 Å². The molecule has 1 saturated carbocycles. The van der Waals surface area contributed by atoms with Gasteiger partial charge in [0.05, 0.1) is 23.1 Å². The second-order valence-electron chi connectivity index (χ2n) is 6.40. The summed E-state index contributed by atoms with van der Waals surface area (Å²) < 4.78 is 1.26. The Morgan fingerprint density at radius 3 is 2.84 bits per heavy atom. The highest BCUT2D eigenvalue weighted by atomic mass is 16.2. The molecule has 4 rings (SSSR count). The second-order valence-corrected chi connectivity index (χ2v) is 6.40. The van der Waals surface area contributed by atoms with Crippen LogP contribution in [0.15, 0.2) is 53.5 Å². The Balaban J connectivity index is 1.57. The number of hydrogen-bond donors (Lipinski definition) is 1. The molecule has 0 radical (unpaired) electrons. The van der Waals surface area contributed by atoms with Crippen LogP contribution in [-0.4, -0.2) is 20.7 Å². The Morgan fingerprint density at radius 2 is 2.04 bits per heavy atom. The molecule has 0 saturated heterocycles. The van der Waals surface area contributed by atoms with Crippen LogP contribution < -0.4 is 10.9 Å². The fourth-order valence-corrected chi connectivity index (χ4v) is 2.81. The highest BCUT2D eigenvalue weighted by Crippen LogP contribution is 2.38. The summed E-state index contributed by atoms with van der Waals surface area (Å²) in [5.74, 6) is 0.131. The van der Waals surface area contributed by atoms with Gasteiger partial charge in [-0.15, -0.1) is 0 Å². The van der Waals surface area contributed by atoms with Crippen LogP contribution in [-0.2, 0) is 4.79 Å². The van der Waals surface area contributed by atoms with Crippen molar-refractivity contribution < 1.29 is 4.79 Å². The van der Waals surface area contributed by atoms with Crippen LogP contribution in [0.2, 0.25) is 0 Å². The van der Waals surface area contributed by atoms with Crippen LogP contribution in [0.5, 0.6) is 0 Å². The van der Waals surface area contributed by atoms with Crippen LogP contribution in [0.1, 0.15) is 37.4 Å². The molecule has 1 fully saturated rings. The van der Waals surface area contributed by atoms with Gasteiger partial charge in [0.25, 0.3) is 5.56 Å². The maximum atomic E-state index is 12.6. The number of aromatic nitrogens is 3. The third-order valence-corrected chi connectivity index (χ3v) is 4.45. The molecule has 1 aromatic carbocycles. The minimum atomic E-state index is -0.697. The minimum Gasteiger partial charge on any atom is -0.323 e. The summed E-state index contributed by atoms with van der Waals surface area (Å²) in [5, 5.41) is 8.14. The maximum absolute atomic E-state index is 12.6. The van der Waals surface area contributed by atoms with Crippen molar-refractivity contribution >= 4 is 22.5 Å². The Kier molecular flexibility index (Phi) is 3.80. The number of anilines is 1. The van der Waals surface area contributed by atoms with Gasteiger partial charge < -0.3 is 5.32 Å². The highest BCUT2D eigenvalue weighted by molar-refractivity contribution is 5.95. The number of benzene rings is 1. The predicted octanol–water partition coefficient (Wildman–Crippen LogP) is 2.87. The number of hydrogen-bond acceptors (Lipinski definition) is 4. The lowest BCUT2D eigenvalue weighted by molar-refractivity contribution is -0.119. The Hall–Kier alpha value is -3.02. The molecule has 3 aromatic rings. The number of amides is 1. The Labute approximate surface area is 144 Å². The van der Waals surface area contributed by atoms with Crippen molar-refractivity contribution in [3.05, 3.63) is 64.7 Å². The smallest absolute Gasteiger partial charge is 0.267 e. The molecule has 25 heavy (non-hydrogen) atoms. The van der Waals surface area contributed by atoms with Crippen LogP contribution in [0.3, 0.4) is 0 Å². The number of carbonyl (C=O) groups is 1. The second kappa shape index (κ2) is 6.12. The molecule has 1 amide bonds. The first-order chi connectivity index (χ1) is 12.1. The number of fused-ring (bicyclic) bond motifs is 1. The zero-order chi connectivity index (χ0) is 17.4. The third-order valence-electron chi connectivity index (χ3n) is 4.45. The summed E-state index contributed by atoms with van der Waals surface area (Å²) in [6.45, 7) is 1.68. The third kappa shape index (κ3) is 3.15. The standard InChI is InChI=1S/C19H18N4O2/c1-12(23-18(24)9-8-17(22-23)13-6-7-13)19(25)21-15-10-14-4-2-3-5-16(14)20-11-15/h2-5,8-13H,6-7H2,1H3,(H,21,25). The maximum Gasteiger partial charge on any atom is 0.267 e. The number of nitrogens with zero attached hydrogens (tertiary/aromatic N) is 3. The lowest BCUT2D eigenvalue weighted by Crippen LogP contribution is -2.33. The minimum absolute atomic E-state index is 0.274. The molecule has 0 bridgehead atoms. The van der Waals surface area contributed by atoms with E-state index in [1.807, 2.05) is 30.3 Å². The van der Waals surface area contributed by atoms with E-state index in [1.54, 1.807) is 19.2 Å². The molecule has 1 aliphatic carbocycles. The normalized spacial score (nSPS) is 15.1. The Bertz CT molecular complexity index is 1010. The molecule has 2 heterocycles. The topological polar surface area (TPSA) is 76.9 Å². The number of para-hydroxylation sites is 1. The van der Waals surface area contributed by atoms with Crippen molar-refractivity contribution in [3.63, 3.8) is 0 Å². The molecule has 126 valence electrons. The zero-order valence-corrected chi connectivity index (χ0v) is 13.8. The van der Waals surface area contributed by atoms with Crippen LogP contribution in [0, 0.1) is 0 Å². The highest BCUT2D eigenvalue weighted by Gasteiger charge is 2.27. The summed E-state index contributed by atoms with van der Waals surface area (Å²) in [5.41, 5.74) is 2.07. The largest absolute Gasteiger partial charge is 0.323 e. The van der Waals surface area contributed by atoms with E-state index in [9.17, 15) is 9.59 Å². The first kappa shape index (κ1) is 15.5. The van der Waals surface area contributed by atoms with Crippen molar-refractivity contribution in [3.8, 4) is 0 Å². The average molecular weight is 334 g/mol. The van der Waals surface area contributed by atoms with Crippen LogP contribution in [0.25, 0.3) is 10.9 Å². The summed E-state index contributed by atoms with van der Waals surface area (Å²) in [7, 11) is 0. The van der Waals surface area contributed by atoms with Crippen LogP contribution >= 0.6 is 0 Å². The van der Waals surface area contributed by atoms with E-state index < -0.39 is 6.04 Å². The van der Waals surface area contributed by atoms with E-state index in [0.717, 1.165) is 29.4 Å². The van der Waals surface area contributed by atoms with Crippen molar-refractivity contribution in [1.29, 1.82) is 0 Å². The Morgan fingerprint density at radius 1 is 1.24 bits per heavy atom. The number of pyridine rings is 1. The van der Waals surface area contributed by atoms with Gasteiger partial charge in [0, 0.05) is 17.4 Å². The van der Waals surface area contributed by atoms with E-state index in [-0.39, 0.29) is 11.5 Å². The first-order valence-electron chi connectivity index (χ1n) is 8.37. The van der Waals surface area contributed by atoms with Crippen LogP contribution in [0.4, 0.5) is 5.69 Å². The predicted molar refractivity (Wildman–Crippen MR) is 95.6 cm³/mol. The monoisotopic (exact) mass is 334 g/mol. The van der Waals surface area contributed by atoms with Gasteiger partial charge >= 0.3 is 0 Å². The average Bonchev–Trinajstić information content (AvgIpc) is 3.46. The van der Waals surface area contributed by atoms with Crippen molar-refractivity contribution in [2.45, 2.75) is 31.7 Å². The molecule has 2 aromatic heterocycles. The van der Waals surface area contributed by atoms with Crippen molar-refractivity contribution in [2.24, 2.45) is 0 Å². The number of carbonyl (C=O) groups excluding carboxylic acids is 1. The molecular formula is C19H18N4O2. The van der Waals surface area contributed by atoms with Gasteiger partial charge in [0.2, 0.25) is 5.91 Å². The SMILES string of the molecule is CC(C(=O)Nc1cnc2ccccc2c1)n1nc(C2CC2)ccc1=O. The summed E-state index contributed by atoms with van der Waals surface area (Å²) in [6, 6.07) is 12.1. The molecular weight excluding hydrogens is 316 g/mol. The van der Waals surface area contributed by atoms with Crippen molar-refractivity contribution in [1.82, 2.24) is 14.8 Å². The summed E-state index contributed by atoms with van der Waals surface area (Å²) in [6.07, 6.45) is 3.80. The number of nitrogens with one attached hydrogen (secondary N) is 1. The van der Waals surface area contributed by atoms with E-state index >= 15 is 0 Å². The molecule has 6 nitrogen and oxygen atoms in total. The lowest BCUT2D eigenvalue weighted by Gasteiger charge is -2.15. The van der Waals surface area contributed by atoms with Gasteiger partial charge in [0.1, 0.15) is 6.04 Å². The van der Waals surface area contributed by atoms with Gasteiger partial charge in [-0.05, 0) is 38.0 Å². The van der Waals surface area contributed by atoms with Gasteiger partial charge in [-0.3, -0.25) is 14.6 Å². The molecule has 1 atom stereocenters. The molecule has 0 spiro atoms. The van der Waals surface area contributed by atoms with Gasteiger partial charge in [-0.25, -0.2) is 4.68 Å². The summed E-state index contributed by atoms with van der Waals surface area (Å²) >= 11 is 0. The number of rotatable bonds is 4. The van der Waals surface area contributed by atoms with Gasteiger partial charge in [-0.2, -0.15) is 5.10 Å². The fraction of sp³-hybridized carbons (Fsp3) is 0.263. The molecule has 1 N–H and O–H groups in total. The van der Waals surface area contributed by atoms with Gasteiger partial charge in [-0.1, -0.05) is 18.2 Å². The fourth-order valence-electron chi connectivity index (χ4n) is 2.81. The summed E-state index contributed by atoms with van der Waals surface area (Å²) in [4.78, 5) is 29.0. The van der Waals surface area contributed by atoms with E-state index in [1.165, 1.54) is 10.7 Å². The van der Waals surface area contributed by atoms with Crippen molar-refractivity contribution in [2.75, 3.05) is 5.32 Å². The molecule has 1 unspecified atom stereocenters. The molecule has 0 aliphatic heterocycles. The quantitative estimate of drug-likeness (QED) is 0.796. The zero-order valence-electron chi connectivity index (χ0n) is 13.8. The lowest BCUT2D eigenvalue weighted by atomic mass is 10.2. The molecule has 1 aliphatic rings. The molecule has 6 heteroatoms. The first-order valence-corrected chi connectivity index (χ1v) is 8.37.